The normalized spacial score (nSPS) is 10.6. The summed E-state index contributed by atoms with van der Waals surface area (Å²) in [5, 5.41) is 15.1. The fourth-order valence-electron chi connectivity index (χ4n) is 2.21. The summed E-state index contributed by atoms with van der Waals surface area (Å²) in [6.45, 7) is 1.17. The van der Waals surface area contributed by atoms with Gasteiger partial charge in [0.1, 0.15) is 5.82 Å². The smallest absolute Gasteiger partial charge is 0.171 e. The van der Waals surface area contributed by atoms with Crippen LogP contribution in [0.15, 0.2) is 49.1 Å². The number of thiocarbonyl (C=S) groups is 1. The SMILES string of the molecule is Cn1cc(CNC(=S)Nc2cnn(Cc3ccc(F)cc3)c2)cn1. The Morgan fingerprint density at radius 3 is 2.62 bits per heavy atom. The van der Waals surface area contributed by atoms with Crippen LogP contribution in [0.3, 0.4) is 0 Å². The second-order valence-corrected chi connectivity index (χ2v) is 5.79. The van der Waals surface area contributed by atoms with Gasteiger partial charge in [-0.05, 0) is 29.9 Å². The van der Waals surface area contributed by atoms with Gasteiger partial charge in [0.25, 0.3) is 0 Å². The van der Waals surface area contributed by atoms with E-state index in [2.05, 4.69) is 20.8 Å². The molecule has 0 fully saturated rings. The van der Waals surface area contributed by atoms with Gasteiger partial charge in [0.05, 0.1) is 24.6 Å². The van der Waals surface area contributed by atoms with Crippen LogP contribution in [-0.4, -0.2) is 24.7 Å². The van der Waals surface area contributed by atoms with E-state index in [1.54, 1.807) is 33.9 Å². The quantitative estimate of drug-likeness (QED) is 0.696. The first-order valence-corrected chi connectivity index (χ1v) is 7.78. The minimum absolute atomic E-state index is 0.244. The monoisotopic (exact) mass is 344 g/mol. The average molecular weight is 344 g/mol. The van der Waals surface area contributed by atoms with Gasteiger partial charge >= 0.3 is 0 Å². The molecule has 3 aromatic rings. The molecule has 2 aromatic heterocycles. The number of nitrogens with zero attached hydrogens (tertiary/aromatic N) is 4. The number of hydrogen-bond donors (Lipinski definition) is 2. The van der Waals surface area contributed by atoms with Crippen molar-refractivity contribution < 1.29 is 4.39 Å². The van der Waals surface area contributed by atoms with E-state index < -0.39 is 0 Å². The van der Waals surface area contributed by atoms with Crippen molar-refractivity contribution in [3.8, 4) is 0 Å². The summed E-state index contributed by atoms with van der Waals surface area (Å²) in [6.07, 6.45) is 7.26. The van der Waals surface area contributed by atoms with Crippen molar-refractivity contribution in [2.75, 3.05) is 5.32 Å². The van der Waals surface area contributed by atoms with Crippen LogP contribution in [0.1, 0.15) is 11.1 Å². The molecule has 1 aromatic carbocycles. The van der Waals surface area contributed by atoms with E-state index >= 15 is 0 Å². The topological polar surface area (TPSA) is 59.7 Å². The molecule has 24 heavy (non-hydrogen) atoms. The van der Waals surface area contributed by atoms with Crippen LogP contribution in [0.4, 0.5) is 10.1 Å². The van der Waals surface area contributed by atoms with Crippen molar-refractivity contribution in [3.63, 3.8) is 0 Å². The van der Waals surface area contributed by atoms with E-state index in [0.717, 1.165) is 16.8 Å². The maximum Gasteiger partial charge on any atom is 0.171 e. The zero-order chi connectivity index (χ0) is 16.9. The summed E-state index contributed by atoms with van der Waals surface area (Å²) in [4.78, 5) is 0. The predicted octanol–water partition coefficient (Wildman–Crippen LogP) is 2.29. The third-order valence-electron chi connectivity index (χ3n) is 3.36. The highest BCUT2D eigenvalue weighted by Crippen LogP contribution is 2.09. The van der Waals surface area contributed by atoms with Crippen LogP contribution in [0, 0.1) is 5.82 Å². The number of aromatic nitrogens is 4. The lowest BCUT2D eigenvalue weighted by Gasteiger charge is -2.07. The van der Waals surface area contributed by atoms with Gasteiger partial charge in [-0.15, -0.1) is 0 Å². The number of halogens is 1. The zero-order valence-electron chi connectivity index (χ0n) is 13.1. The van der Waals surface area contributed by atoms with E-state index in [1.807, 2.05) is 19.4 Å². The summed E-state index contributed by atoms with van der Waals surface area (Å²) in [5.41, 5.74) is 2.82. The molecule has 0 radical (unpaired) electrons. The first-order valence-electron chi connectivity index (χ1n) is 7.38. The van der Waals surface area contributed by atoms with Crippen LogP contribution in [0.25, 0.3) is 0 Å². The molecule has 2 heterocycles. The van der Waals surface area contributed by atoms with E-state index in [0.29, 0.717) is 18.2 Å². The molecule has 0 saturated heterocycles. The molecule has 3 rings (SSSR count). The highest BCUT2D eigenvalue weighted by atomic mass is 32.1. The number of nitrogens with one attached hydrogen (secondary N) is 2. The lowest BCUT2D eigenvalue weighted by atomic mass is 10.2. The molecule has 0 atom stereocenters. The molecule has 6 nitrogen and oxygen atoms in total. The molecular weight excluding hydrogens is 327 g/mol. The van der Waals surface area contributed by atoms with Crippen LogP contribution in [0.5, 0.6) is 0 Å². The third kappa shape index (κ3) is 4.39. The molecule has 0 bridgehead atoms. The Morgan fingerprint density at radius 1 is 1.12 bits per heavy atom. The van der Waals surface area contributed by atoms with Crippen LogP contribution >= 0.6 is 12.2 Å². The minimum Gasteiger partial charge on any atom is -0.358 e. The Kier molecular flexibility index (Phi) is 4.85. The Hall–Kier alpha value is -2.74. The Labute approximate surface area is 144 Å². The Balaban J connectivity index is 1.51. The largest absolute Gasteiger partial charge is 0.358 e. The molecule has 8 heteroatoms. The molecule has 0 unspecified atom stereocenters. The number of hydrogen-bond acceptors (Lipinski definition) is 3. The standard InChI is InChI=1S/C16H17FN6S/c1-22-9-13(7-19-22)6-18-16(24)21-15-8-20-23(11-15)10-12-2-4-14(17)5-3-12/h2-5,7-9,11H,6,10H2,1H3,(H2,18,21,24). The summed E-state index contributed by atoms with van der Waals surface area (Å²) in [5.74, 6) is -0.244. The van der Waals surface area contributed by atoms with Crippen LogP contribution in [-0.2, 0) is 20.1 Å². The van der Waals surface area contributed by atoms with Crippen molar-refractivity contribution in [1.29, 1.82) is 0 Å². The van der Waals surface area contributed by atoms with E-state index in [1.165, 1.54) is 12.1 Å². The summed E-state index contributed by atoms with van der Waals surface area (Å²) < 4.78 is 16.4. The summed E-state index contributed by atoms with van der Waals surface area (Å²) in [7, 11) is 1.87. The molecule has 2 N–H and O–H groups in total. The number of benzene rings is 1. The second-order valence-electron chi connectivity index (χ2n) is 5.38. The van der Waals surface area contributed by atoms with E-state index in [4.69, 9.17) is 12.2 Å². The van der Waals surface area contributed by atoms with Crippen LogP contribution < -0.4 is 10.6 Å². The Bertz CT molecular complexity index is 823. The van der Waals surface area contributed by atoms with E-state index in [-0.39, 0.29) is 5.82 Å². The van der Waals surface area contributed by atoms with Gasteiger partial charge in [-0.3, -0.25) is 9.36 Å². The number of anilines is 1. The average Bonchev–Trinajstić information content (AvgIpc) is 3.17. The molecule has 0 spiro atoms. The molecule has 0 aliphatic carbocycles. The van der Waals surface area contributed by atoms with Crippen molar-refractivity contribution >= 4 is 23.0 Å². The van der Waals surface area contributed by atoms with Crippen molar-refractivity contribution in [1.82, 2.24) is 24.9 Å². The third-order valence-corrected chi connectivity index (χ3v) is 3.61. The second kappa shape index (κ2) is 7.22. The maximum atomic E-state index is 12.9. The summed E-state index contributed by atoms with van der Waals surface area (Å²) in [6, 6.07) is 6.36. The molecule has 124 valence electrons. The fraction of sp³-hybridized carbons (Fsp3) is 0.188. The maximum absolute atomic E-state index is 12.9. The summed E-state index contributed by atoms with van der Waals surface area (Å²) >= 11 is 5.27. The zero-order valence-corrected chi connectivity index (χ0v) is 13.9. The van der Waals surface area contributed by atoms with Gasteiger partial charge in [0, 0.05) is 31.5 Å². The predicted molar refractivity (Wildman–Crippen MR) is 94.0 cm³/mol. The van der Waals surface area contributed by atoms with Gasteiger partial charge in [-0.25, -0.2) is 4.39 Å². The van der Waals surface area contributed by atoms with Gasteiger partial charge < -0.3 is 10.6 Å². The Morgan fingerprint density at radius 2 is 1.92 bits per heavy atom. The molecule has 0 aliphatic heterocycles. The molecule has 0 aliphatic rings. The van der Waals surface area contributed by atoms with Gasteiger partial charge in [0.15, 0.2) is 5.11 Å². The van der Waals surface area contributed by atoms with Crippen molar-refractivity contribution in [2.45, 2.75) is 13.1 Å². The van der Waals surface area contributed by atoms with Crippen LogP contribution in [0.2, 0.25) is 0 Å². The first-order chi connectivity index (χ1) is 11.6. The minimum atomic E-state index is -0.244. The number of rotatable bonds is 5. The van der Waals surface area contributed by atoms with Gasteiger partial charge in [-0.1, -0.05) is 12.1 Å². The first kappa shape index (κ1) is 16.1. The highest BCUT2D eigenvalue weighted by molar-refractivity contribution is 7.80. The van der Waals surface area contributed by atoms with E-state index in [9.17, 15) is 4.39 Å². The lowest BCUT2D eigenvalue weighted by Crippen LogP contribution is -2.27. The molecular formula is C16H17FN6S. The molecule has 0 saturated carbocycles. The molecule has 0 amide bonds. The lowest BCUT2D eigenvalue weighted by molar-refractivity contribution is 0.624. The number of aryl methyl sites for hydroxylation is 1. The van der Waals surface area contributed by atoms with Crippen molar-refractivity contribution in [2.24, 2.45) is 7.05 Å². The fourth-order valence-corrected chi connectivity index (χ4v) is 2.40. The highest BCUT2D eigenvalue weighted by Gasteiger charge is 2.03. The van der Waals surface area contributed by atoms with Gasteiger partial charge in [0.2, 0.25) is 0 Å². The van der Waals surface area contributed by atoms with Crippen molar-refractivity contribution in [3.05, 3.63) is 66.0 Å². The van der Waals surface area contributed by atoms with Gasteiger partial charge in [-0.2, -0.15) is 10.2 Å².